The monoisotopic (exact) mass is 351 g/mol. The molecule has 134 valence electrons. The number of amides is 1. The van der Waals surface area contributed by atoms with Crippen LogP contribution in [0.1, 0.15) is 59.1 Å². The molecule has 3 aromatic heterocycles. The maximum Gasteiger partial charge on any atom is 0.276 e. The van der Waals surface area contributed by atoms with Gasteiger partial charge in [-0.3, -0.25) is 9.89 Å². The number of nitrogens with zero attached hydrogens (tertiary/aromatic N) is 4. The van der Waals surface area contributed by atoms with E-state index in [1.165, 1.54) is 0 Å². The van der Waals surface area contributed by atoms with E-state index < -0.39 is 0 Å². The first-order chi connectivity index (χ1) is 12.8. The summed E-state index contributed by atoms with van der Waals surface area (Å²) in [5, 5.41) is 12.1. The van der Waals surface area contributed by atoms with Crippen molar-refractivity contribution in [2.24, 2.45) is 0 Å². The summed E-state index contributed by atoms with van der Waals surface area (Å²) in [7, 11) is 0. The Labute approximate surface area is 150 Å². The van der Waals surface area contributed by atoms with Gasteiger partial charge >= 0.3 is 0 Å². The highest BCUT2D eigenvalue weighted by Gasteiger charge is 2.31. The van der Waals surface area contributed by atoms with Crippen LogP contribution in [0.4, 0.5) is 0 Å². The maximum absolute atomic E-state index is 13.0. The average molecular weight is 351 g/mol. The summed E-state index contributed by atoms with van der Waals surface area (Å²) in [5.41, 5.74) is 3.37. The summed E-state index contributed by atoms with van der Waals surface area (Å²) in [6, 6.07) is 4.09. The third-order valence-electron chi connectivity index (χ3n) is 5.60. The Morgan fingerprint density at radius 2 is 2.15 bits per heavy atom. The van der Waals surface area contributed by atoms with Crippen molar-refractivity contribution in [3.8, 4) is 0 Å². The van der Waals surface area contributed by atoms with Gasteiger partial charge in [0.25, 0.3) is 5.91 Å². The maximum atomic E-state index is 13.0. The van der Waals surface area contributed by atoms with Crippen molar-refractivity contribution in [1.82, 2.24) is 25.2 Å². The second-order valence-electron chi connectivity index (χ2n) is 7.27. The molecule has 7 heteroatoms. The first-order valence-electron chi connectivity index (χ1n) is 9.36. The van der Waals surface area contributed by atoms with Crippen LogP contribution in [0.5, 0.6) is 0 Å². The van der Waals surface area contributed by atoms with Crippen LogP contribution in [-0.2, 0) is 12.8 Å². The molecule has 1 saturated heterocycles. The quantitative estimate of drug-likeness (QED) is 0.767. The summed E-state index contributed by atoms with van der Waals surface area (Å²) in [4.78, 5) is 19.7. The predicted octanol–water partition coefficient (Wildman–Crippen LogP) is 2.84. The molecule has 1 atom stereocenters. The number of hydrogen-bond acceptors (Lipinski definition) is 5. The molecule has 1 aliphatic carbocycles. The molecule has 1 amide bonds. The summed E-state index contributed by atoms with van der Waals surface area (Å²) in [6.45, 7) is 1.44. The number of likely N-dealkylation sites (tertiary alicyclic amines) is 1. The van der Waals surface area contributed by atoms with E-state index in [9.17, 15) is 4.79 Å². The van der Waals surface area contributed by atoms with Gasteiger partial charge < -0.3 is 9.42 Å². The molecule has 2 aliphatic rings. The molecule has 0 spiro atoms. The minimum atomic E-state index is 0.00391. The van der Waals surface area contributed by atoms with Crippen LogP contribution in [0.3, 0.4) is 0 Å². The first kappa shape index (κ1) is 15.5. The molecule has 0 saturated carbocycles. The van der Waals surface area contributed by atoms with Crippen LogP contribution in [0, 0.1) is 0 Å². The van der Waals surface area contributed by atoms with E-state index in [1.54, 1.807) is 6.20 Å². The molecule has 7 nitrogen and oxygen atoms in total. The largest absolute Gasteiger partial charge is 0.360 e. The number of carbonyl (C=O) groups is 1. The summed E-state index contributed by atoms with van der Waals surface area (Å²) >= 11 is 0. The number of pyridine rings is 1. The minimum Gasteiger partial charge on any atom is -0.360 e. The third kappa shape index (κ3) is 2.58. The Balaban J connectivity index is 1.38. The number of nitrogens with one attached hydrogen (secondary N) is 1. The highest BCUT2D eigenvalue weighted by molar-refractivity contribution is 5.94. The van der Waals surface area contributed by atoms with Gasteiger partial charge in [-0.05, 0) is 44.2 Å². The Morgan fingerprint density at radius 1 is 1.23 bits per heavy atom. The highest BCUT2D eigenvalue weighted by Crippen LogP contribution is 2.30. The molecule has 1 fully saturated rings. The summed E-state index contributed by atoms with van der Waals surface area (Å²) in [6.07, 6.45) is 7.79. The van der Waals surface area contributed by atoms with E-state index in [0.29, 0.717) is 12.2 Å². The molecular weight excluding hydrogens is 330 g/mol. The second-order valence-corrected chi connectivity index (χ2v) is 7.27. The molecule has 4 heterocycles. The molecule has 0 radical (unpaired) electrons. The Hall–Kier alpha value is -2.70. The van der Waals surface area contributed by atoms with E-state index in [2.05, 4.69) is 21.4 Å². The minimum absolute atomic E-state index is 0.00391. The zero-order chi connectivity index (χ0) is 17.5. The zero-order valence-electron chi connectivity index (χ0n) is 14.6. The van der Waals surface area contributed by atoms with E-state index in [4.69, 9.17) is 9.51 Å². The lowest BCUT2D eigenvalue weighted by atomic mass is 9.92. The number of aromatic nitrogens is 4. The van der Waals surface area contributed by atoms with Gasteiger partial charge in [0, 0.05) is 42.1 Å². The zero-order valence-corrected chi connectivity index (χ0v) is 14.6. The number of carbonyl (C=O) groups excluding carboxylic acids is 1. The van der Waals surface area contributed by atoms with E-state index in [0.717, 1.165) is 73.1 Å². The lowest BCUT2D eigenvalue weighted by molar-refractivity contribution is 0.0694. The van der Waals surface area contributed by atoms with Gasteiger partial charge in [0.2, 0.25) is 0 Å². The van der Waals surface area contributed by atoms with Crippen molar-refractivity contribution >= 4 is 16.9 Å². The molecule has 1 aliphatic heterocycles. The van der Waals surface area contributed by atoms with E-state index in [1.807, 2.05) is 11.0 Å². The van der Waals surface area contributed by atoms with E-state index in [-0.39, 0.29) is 11.8 Å². The molecule has 1 N–H and O–H groups in total. The molecule has 0 unspecified atom stereocenters. The number of aryl methyl sites for hydroxylation is 1. The van der Waals surface area contributed by atoms with Gasteiger partial charge in [-0.2, -0.15) is 5.10 Å². The van der Waals surface area contributed by atoms with Crippen molar-refractivity contribution in [2.45, 2.75) is 44.4 Å². The van der Waals surface area contributed by atoms with Gasteiger partial charge in [-0.1, -0.05) is 5.16 Å². The third-order valence-corrected chi connectivity index (χ3v) is 5.60. The van der Waals surface area contributed by atoms with Crippen LogP contribution >= 0.6 is 0 Å². The lowest BCUT2D eigenvalue weighted by Gasteiger charge is -2.32. The van der Waals surface area contributed by atoms with Crippen molar-refractivity contribution in [3.63, 3.8) is 0 Å². The number of fused-ring (bicyclic) bond motifs is 2. The number of piperidine rings is 1. The first-order valence-corrected chi connectivity index (χ1v) is 9.36. The molecule has 0 aromatic carbocycles. The molecule has 5 rings (SSSR count). The van der Waals surface area contributed by atoms with Crippen LogP contribution in [0.25, 0.3) is 11.0 Å². The van der Waals surface area contributed by atoms with Crippen LogP contribution < -0.4 is 0 Å². The average Bonchev–Trinajstić information content (AvgIpc) is 3.33. The number of H-pyrrole nitrogens is 1. The predicted molar refractivity (Wildman–Crippen MR) is 94.9 cm³/mol. The van der Waals surface area contributed by atoms with Gasteiger partial charge in [0.15, 0.2) is 11.3 Å². The molecule has 0 bridgehead atoms. The van der Waals surface area contributed by atoms with Crippen LogP contribution in [0.15, 0.2) is 22.9 Å². The van der Waals surface area contributed by atoms with Gasteiger partial charge in [-0.15, -0.1) is 0 Å². The highest BCUT2D eigenvalue weighted by atomic mass is 16.5. The SMILES string of the molecule is O=C(c1noc2c1CCCC2)N1CCC[C@@H](c2ccc3cn[nH]c3n2)C1. The number of aromatic amines is 1. The van der Waals surface area contributed by atoms with Crippen molar-refractivity contribution in [1.29, 1.82) is 0 Å². The topological polar surface area (TPSA) is 87.9 Å². The second kappa shape index (κ2) is 6.23. The van der Waals surface area contributed by atoms with Crippen molar-refractivity contribution < 1.29 is 9.32 Å². The normalized spacial score (nSPS) is 20.3. The van der Waals surface area contributed by atoms with Crippen molar-refractivity contribution in [3.05, 3.63) is 41.0 Å². The fourth-order valence-corrected chi connectivity index (χ4v) is 4.17. The molecule has 3 aromatic rings. The number of hydrogen-bond donors (Lipinski definition) is 1. The van der Waals surface area contributed by atoms with Crippen LogP contribution in [0.2, 0.25) is 0 Å². The fraction of sp³-hybridized carbons (Fsp3) is 0.474. The molecular formula is C19H21N5O2. The van der Waals surface area contributed by atoms with Crippen LogP contribution in [-0.4, -0.2) is 44.2 Å². The van der Waals surface area contributed by atoms with Gasteiger partial charge in [0.05, 0.1) is 6.20 Å². The Morgan fingerprint density at radius 3 is 3.12 bits per heavy atom. The van der Waals surface area contributed by atoms with Crippen molar-refractivity contribution in [2.75, 3.05) is 13.1 Å². The number of rotatable bonds is 2. The van der Waals surface area contributed by atoms with E-state index >= 15 is 0 Å². The van der Waals surface area contributed by atoms with Gasteiger partial charge in [-0.25, -0.2) is 4.98 Å². The summed E-state index contributed by atoms with van der Waals surface area (Å²) in [5.74, 6) is 1.15. The summed E-state index contributed by atoms with van der Waals surface area (Å²) < 4.78 is 5.43. The Kier molecular flexibility index (Phi) is 3.72. The lowest BCUT2D eigenvalue weighted by Crippen LogP contribution is -2.39. The molecule has 26 heavy (non-hydrogen) atoms. The Bertz CT molecular complexity index is 960. The fourth-order valence-electron chi connectivity index (χ4n) is 4.17. The van der Waals surface area contributed by atoms with Gasteiger partial charge in [0.1, 0.15) is 5.76 Å². The smallest absolute Gasteiger partial charge is 0.276 e. The standard InChI is InChI=1S/C19H21N5O2/c25-19(17-14-5-1-2-6-16(14)26-23-17)24-9-3-4-13(11-24)15-8-7-12-10-20-22-18(12)21-15/h7-8,10,13H,1-6,9,11H2,(H,20,21,22)/t13-/m1/s1.